The van der Waals surface area contributed by atoms with E-state index in [0.717, 1.165) is 11.1 Å². The fourth-order valence-electron chi connectivity index (χ4n) is 2.80. The predicted octanol–water partition coefficient (Wildman–Crippen LogP) is 5.57. The van der Waals surface area contributed by atoms with E-state index in [0.29, 0.717) is 28.7 Å². The SMILES string of the molecule is COc1cc(/C=C(/C#N)S(=O)(=O)c2ccc(C)cc2)ccc1OCc1ccc(Cl)cc1. The fourth-order valence-corrected chi connectivity index (χ4v) is 4.09. The summed E-state index contributed by atoms with van der Waals surface area (Å²) in [6.07, 6.45) is 1.32. The highest BCUT2D eigenvalue weighted by atomic mass is 35.5. The third-order valence-corrected chi connectivity index (χ3v) is 6.46. The number of sulfone groups is 1. The standard InChI is InChI=1S/C24H20ClNO4S/c1-17-3-10-21(11-4-17)31(27,28)22(15-26)13-19-7-12-23(24(14-19)29-2)30-16-18-5-8-20(25)9-6-18/h3-14H,16H2,1-2H3/b22-13-. The number of hydrogen-bond acceptors (Lipinski definition) is 5. The first-order valence-corrected chi connectivity index (χ1v) is 11.2. The summed E-state index contributed by atoms with van der Waals surface area (Å²) in [5.74, 6) is 0.919. The van der Waals surface area contributed by atoms with Gasteiger partial charge >= 0.3 is 0 Å². The second-order valence-corrected chi connectivity index (χ2v) is 9.12. The van der Waals surface area contributed by atoms with Crippen molar-refractivity contribution < 1.29 is 17.9 Å². The van der Waals surface area contributed by atoms with Crippen LogP contribution in [0, 0.1) is 18.3 Å². The first-order chi connectivity index (χ1) is 14.8. The summed E-state index contributed by atoms with van der Waals surface area (Å²) in [5.41, 5.74) is 2.37. The summed E-state index contributed by atoms with van der Waals surface area (Å²) in [7, 11) is -2.44. The Hall–Kier alpha value is -3.27. The molecule has 0 heterocycles. The Morgan fingerprint density at radius 3 is 2.32 bits per heavy atom. The van der Waals surface area contributed by atoms with E-state index < -0.39 is 9.84 Å². The van der Waals surface area contributed by atoms with Gasteiger partial charge in [0.05, 0.1) is 12.0 Å². The minimum atomic E-state index is -3.93. The van der Waals surface area contributed by atoms with Crippen LogP contribution in [0.4, 0.5) is 0 Å². The van der Waals surface area contributed by atoms with E-state index in [4.69, 9.17) is 21.1 Å². The number of hydrogen-bond donors (Lipinski definition) is 0. The van der Waals surface area contributed by atoms with Gasteiger partial charge in [-0.2, -0.15) is 5.26 Å². The molecule has 0 amide bonds. The molecular formula is C24H20ClNO4S. The molecule has 3 aromatic rings. The van der Waals surface area contributed by atoms with Crippen LogP contribution in [-0.2, 0) is 16.4 Å². The molecule has 31 heavy (non-hydrogen) atoms. The number of allylic oxidation sites excluding steroid dienone is 1. The smallest absolute Gasteiger partial charge is 0.216 e. The van der Waals surface area contributed by atoms with Crippen molar-refractivity contribution in [2.75, 3.05) is 7.11 Å². The normalized spacial score (nSPS) is 11.6. The third-order valence-electron chi connectivity index (χ3n) is 4.52. The van der Waals surface area contributed by atoms with Crippen molar-refractivity contribution in [3.8, 4) is 17.6 Å². The maximum Gasteiger partial charge on any atom is 0.216 e. The van der Waals surface area contributed by atoms with Crippen LogP contribution >= 0.6 is 11.6 Å². The number of methoxy groups -OCH3 is 1. The van der Waals surface area contributed by atoms with Crippen molar-refractivity contribution in [1.82, 2.24) is 0 Å². The lowest BCUT2D eigenvalue weighted by atomic mass is 10.2. The van der Waals surface area contributed by atoms with Gasteiger partial charge < -0.3 is 9.47 Å². The molecule has 0 spiro atoms. The lowest BCUT2D eigenvalue weighted by molar-refractivity contribution is 0.284. The number of halogens is 1. The van der Waals surface area contributed by atoms with Crippen molar-refractivity contribution in [2.24, 2.45) is 0 Å². The molecule has 0 saturated heterocycles. The number of rotatable bonds is 7. The maximum absolute atomic E-state index is 12.8. The molecule has 0 unspecified atom stereocenters. The van der Waals surface area contributed by atoms with Crippen LogP contribution in [-0.4, -0.2) is 15.5 Å². The molecule has 3 rings (SSSR count). The van der Waals surface area contributed by atoms with Gasteiger partial charge in [0.25, 0.3) is 0 Å². The zero-order chi connectivity index (χ0) is 22.4. The van der Waals surface area contributed by atoms with E-state index in [2.05, 4.69) is 0 Å². The first-order valence-electron chi connectivity index (χ1n) is 9.32. The molecule has 7 heteroatoms. The summed E-state index contributed by atoms with van der Waals surface area (Å²) < 4.78 is 36.9. The molecule has 0 N–H and O–H groups in total. The van der Waals surface area contributed by atoms with Gasteiger partial charge in [-0.3, -0.25) is 0 Å². The Balaban J connectivity index is 1.86. The van der Waals surface area contributed by atoms with Crippen molar-refractivity contribution in [3.05, 3.63) is 93.3 Å². The van der Waals surface area contributed by atoms with E-state index in [9.17, 15) is 13.7 Å². The molecule has 0 aliphatic rings. The molecule has 0 radical (unpaired) electrons. The van der Waals surface area contributed by atoms with E-state index >= 15 is 0 Å². The molecule has 0 saturated carbocycles. The zero-order valence-corrected chi connectivity index (χ0v) is 18.6. The average Bonchev–Trinajstić information content (AvgIpc) is 2.77. The van der Waals surface area contributed by atoms with Crippen LogP contribution in [0.25, 0.3) is 6.08 Å². The van der Waals surface area contributed by atoms with Gasteiger partial charge in [0.1, 0.15) is 17.6 Å². The van der Waals surface area contributed by atoms with Gasteiger partial charge in [0, 0.05) is 5.02 Å². The summed E-state index contributed by atoms with van der Waals surface area (Å²) in [4.78, 5) is -0.283. The average molecular weight is 454 g/mol. The number of ether oxygens (including phenoxy) is 2. The first kappa shape index (κ1) is 22.4. The highest BCUT2D eigenvalue weighted by Crippen LogP contribution is 2.31. The molecule has 3 aromatic carbocycles. The van der Waals surface area contributed by atoms with Crippen LogP contribution < -0.4 is 9.47 Å². The molecule has 0 aliphatic heterocycles. The van der Waals surface area contributed by atoms with Crippen LogP contribution in [0.15, 0.2) is 76.5 Å². The topological polar surface area (TPSA) is 76.4 Å². The van der Waals surface area contributed by atoms with Gasteiger partial charge in [-0.15, -0.1) is 0 Å². The molecule has 5 nitrogen and oxygen atoms in total. The summed E-state index contributed by atoms with van der Waals surface area (Å²) in [6.45, 7) is 2.17. The van der Waals surface area contributed by atoms with Crippen molar-refractivity contribution in [3.63, 3.8) is 0 Å². The van der Waals surface area contributed by atoms with Gasteiger partial charge in [0.2, 0.25) is 9.84 Å². The van der Waals surface area contributed by atoms with Crippen molar-refractivity contribution in [1.29, 1.82) is 5.26 Å². The number of benzene rings is 3. The Morgan fingerprint density at radius 2 is 1.71 bits per heavy atom. The lowest BCUT2D eigenvalue weighted by Gasteiger charge is -2.12. The van der Waals surface area contributed by atoms with Crippen LogP contribution in [0.3, 0.4) is 0 Å². The lowest BCUT2D eigenvalue weighted by Crippen LogP contribution is -2.03. The number of nitrogens with zero attached hydrogens (tertiary/aromatic N) is 1. The Kier molecular flexibility index (Phi) is 7.01. The summed E-state index contributed by atoms with van der Waals surface area (Å²) in [5, 5.41) is 10.1. The molecule has 0 atom stereocenters. The van der Waals surface area contributed by atoms with E-state index in [1.165, 1.54) is 25.3 Å². The largest absolute Gasteiger partial charge is 0.493 e. The predicted molar refractivity (Wildman–Crippen MR) is 121 cm³/mol. The second-order valence-electron chi connectivity index (χ2n) is 6.76. The molecule has 158 valence electrons. The molecule has 0 aliphatic carbocycles. The van der Waals surface area contributed by atoms with Crippen LogP contribution in [0.2, 0.25) is 5.02 Å². The monoisotopic (exact) mass is 453 g/mol. The maximum atomic E-state index is 12.8. The Morgan fingerprint density at radius 1 is 1.03 bits per heavy atom. The van der Waals surface area contributed by atoms with Crippen molar-refractivity contribution in [2.45, 2.75) is 18.4 Å². The number of aryl methyl sites for hydroxylation is 1. The quantitative estimate of drug-likeness (QED) is 0.437. The highest BCUT2D eigenvalue weighted by molar-refractivity contribution is 7.95. The minimum absolute atomic E-state index is 0.0702. The number of nitriles is 1. The van der Waals surface area contributed by atoms with Gasteiger partial charge in [-0.1, -0.05) is 47.5 Å². The van der Waals surface area contributed by atoms with Crippen molar-refractivity contribution >= 4 is 27.5 Å². The van der Waals surface area contributed by atoms with E-state index in [-0.39, 0.29) is 9.80 Å². The minimum Gasteiger partial charge on any atom is -0.493 e. The Labute approximate surface area is 187 Å². The van der Waals surface area contributed by atoms with E-state index in [1.54, 1.807) is 48.5 Å². The highest BCUT2D eigenvalue weighted by Gasteiger charge is 2.21. The molecule has 0 aromatic heterocycles. The molecule has 0 bridgehead atoms. The van der Waals surface area contributed by atoms with Gasteiger partial charge in [0.15, 0.2) is 11.5 Å². The molecule has 0 fully saturated rings. The van der Waals surface area contributed by atoms with E-state index in [1.807, 2.05) is 19.1 Å². The van der Waals surface area contributed by atoms with Gasteiger partial charge in [-0.05, 0) is 60.5 Å². The Bertz CT molecular complexity index is 1240. The third kappa shape index (κ3) is 5.46. The summed E-state index contributed by atoms with van der Waals surface area (Å²) >= 11 is 5.89. The van der Waals surface area contributed by atoms with Crippen LogP contribution in [0.5, 0.6) is 11.5 Å². The molecular weight excluding hydrogens is 434 g/mol. The van der Waals surface area contributed by atoms with Gasteiger partial charge in [-0.25, -0.2) is 8.42 Å². The summed E-state index contributed by atoms with van der Waals surface area (Å²) in [6, 6.07) is 20.4. The zero-order valence-electron chi connectivity index (χ0n) is 17.0. The van der Waals surface area contributed by atoms with Crippen LogP contribution in [0.1, 0.15) is 16.7 Å². The fraction of sp³-hybridized carbons (Fsp3) is 0.125. The second kappa shape index (κ2) is 9.69.